The number of nitrogens with zero attached hydrogens (tertiary/aromatic N) is 5. The van der Waals surface area contributed by atoms with Crippen LogP contribution >= 0.6 is 0 Å². The van der Waals surface area contributed by atoms with Gasteiger partial charge in [0, 0.05) is 55.7 Å². The van der Waals surface area contributed by atoms with Gasteiger partial charge in [0.2, 0.25) is 0 Å². The van der Waals surface area contributed by atoms with E-state index in [9.17, 15) is 18.8 Å². The lowest BCUT2D eigenvalue weighted by Gasteiger charge is -2.45. The summed E-state index contributed by atoms with van der Waals surface area (Å²) >= 11 is 0. The Labute approximate surface area is 273 Å². The molecule has 0 bridgehead atoms. The minimum atomic E-state index is -0.848. The zero-order chi connectivity index (χ0) is 33.2. The molecule has 246 valence electrons. The number of benzene rings is 1. The maximum Gasteiger partial charge on any atom is 0.265 e. The van der Waals surface area contributed by atoms with Gasteiger partial charge in [-0.05, 0) is 55.7 Å². The minimum absolute atomic E-state index is 0.0737. The van der Waals surface area contributed by atoms with Crippen LogP contribution in [-0.2, 0) is 22.5 Å². The number of piperidine rings is 1. The van der Waals surface area contributed by atoms with E-state index in [-0.39, 0.29) is 30.8 Å². The Balaban J connectivity index is 1.32. The van der Waals surface area contributed by atoms with Gasteiger partial charge in [0.15, 0.2) is 6.61 Å². The van der Waals surface area contributed by atoms with Gasteiger partial charge in [0.25, 0.3) is 5.91 Å². The molecular formula is C35H39F2N7O3. The first-order chi connectivity index (χ1) is 22.7. The van der Waals surface area contributed by atoms with Crippen molar-refractivity contribution in [2.45, 2.75) is 70.7 Å². The van der Waals surface area contributed by atoms with E-state index in [4.69, 9.17) is 19.9 Å². The Morgan fingerprint density at radius 1 is 1.21 bits per heavy atom. The molecule has 2 aromatic heterocycles. The number of nitriles is 1. The molecule has 3 aliphatic rings. The van der Waals surface area contributed by atoms with Crippen LogP contribution in [0.15, 0.2) is 30.5 Å². The largest absolute Gasteiger partial charge is 0.482 e. The lowest BCUT2D eigenvalue weighted by Crippen LogP contribution is -2.52. The van der Waals surface area contributed by atoms with E-state index in [2.05, 4.69) is 35.1 Å². The Morgan fingerprint density at radius 2 is 1.98 bits per heavy atom. The van der Waals surface area contributed by atoms with Gasteiger partial charge in [-0.3, -0.25) is 14.7 Å². The molecule has 2 aliphatic heterocycles. The highest BCUT2D eigenvalue weighted by atomic mass is 19.1. The van der Waals surface area contributed by atoms with Crippen molar-refractivity contribution in [1.82, 2.24) is 14.9 Å². The number of likely N-dealkylation sites (tertiary alicyclic amines) is 1. The Morgan fingerprint density at radius 3 is 2.64 bits per heavy atom. The SMILES string of the molecule is COC1CC(N2CCC(Nc3nc(CC(C)C)c(C#N)c(-c4ccc5c(c4)OCC(=O)N5Cc4ncc(F)cc4F)c3C=N)CC2)C1. The first-order valence-corrected chi connectivity index (χ1v) is 16.1. The number of halogens is 2. The second kappa shape index (κ2) is 13.7. The van der Waals surface area contributed by atoms with Gasteiger partial charge in [0.1, 0.15) is 29.3 Å². The van der Waals surface area contributed by atoms with E-state index in [0.29, 0.717) is 63.8 Å². The monoisotopic (exact) mass is 643 g/mol. The van der Waals surface area contributed by atoms with Crippen molar-refractivity contribution in [3.8, 4) is 22.9 Å². The highest BCUT2D eigenvalue weighted by molar-refractivity contribution is 6.00. The molecule has 10 nitrogen and oxygen atoms in total. The fourth-order valence-corrected chi connectivity index (χ4v) is 6.73. The molecule has 1 aliphatic carbocycles. The van der Waals surface area contributed by atoms with E-state index in [0.717, 1.165) is 51.0 Å². The molecule has 1 saturated carbocycles. The maximum atomic E-state index is 14.5. The van der Waals surface area contributed by atoms with Gasteiger partial charge in [-0.2, -0.15) is 5.26 Å². The number of aromatic nitrogens is 2. The molecule has 1 saturated heterocycles. The normalized spacial score (nSPS) is 19.9. The first kappa shape index (κ1) is 32.5. The van der Waals surface area contributed by atoms with Gasteiger partial charge in [-0.25, -0.2) is 13.8 Å². The summed E-state index contributed by atoms with van der Waals surface area (Å²) in [6.45, 7) is 5.59. The second-order valence-electron chi connectivity index (χ2n) is 12.9. The van der Waals surface area contributed by atoms with E-state index in [1.54, 1.807) is 25.3 Å². The van der Waals surface area contributed by atoms with Crippen LogP contribution in [0.2, 0.25) is 0 Å². The Bertz CT molecular complexity index is 1710. The third-order valence-electron chi connectivity index (χ3n) is 9.34. The number of methoxy groups -OCH3 is 1. The zero-order valence-corrected chi connectivity index (χ0v) is 26.9. The van der Waals surface area contributed by atoms with E-state index >= 15 is 0 Å². The van der Waals surface area contributed by atoms with Crippen molar-refractivity contribution in [1.29, 1.82) is 10.7 Å². The lowest BCUT2D eigenvalue weighted by atomic mass is 9.86. The summed E-state index contributed by atoms with van der Waals surface area (Å²) in [6.07, 6.45) is 7.09. The van der Waals surface area contributed by atoms with E-state index in [1.807, 2.05) is 0 Å². The molecule has 0 radical (unpaired) electrons. The van der Waals surface area contributed by atoms with Crippen molar-refractivity contribution in [2.75, 3.05) is 37.0 Å². The van der Waals surface area contributed by atoms with Crippen LogP contribution in [0.5, 0.6) is 5.75 Å². The molecule has 47 heavy (non-hydrogen) atoms. The molecule has 2 N–H and O–H groups in total. The van der Waals surface area contributed by atoms with Crippen LogP contribution in [-0.4, -0.2) is 72.0 Å². The third-order valence-corrected chi connectivity index (χ3v) is 9.34. The van der Waals surface area contributed by atoms with Crippen LogP contribution in [0, 0.1) is 34.3 Å². The summed E-state index contributed by atoms with van der Waals surface area (Å²) < 4.78 is 39.2. The number of hydrogen-bond donors (Lipinski definition) is 2. The number of anilines is 2. The van der Waals surface area contributed by atoms with Crippen molar-refractivity contribution in [3.05, 3.63) is 64.6 Å². The molecule has 6 rings (SSSR count). The van der Waals surface area contributed by atoms with Crippen LogP contribution in [0.4, 0.5) is 20.3 Å². The molecule has 0 spiro atoms. The number of carbonyl (C=O) groups is 1. The van der Waals surface area contributed by atoms with Crippen molar-refractivity contribution in [2.24, 2.45) is 5.92 Å². The van der Waals surface area contributed by atoms with Crippen molar-refractivity contribution >= 4 is 23.6 Å². The number of carbonyl (C=O) groups excluding carboxylic acids is 1. The third kappa shape index (κ3) is 6.68. The average Bonchev–Trinajstić information content (AvgIpc) is 3.03. The predicted octanol–water partition coefficient (Wildman–Crippen LogP) is 5.47. The van der Waals surface area contributed by atoms with Crippen molar-refractivity contribution in [3.63, 3.8) is 0 Å². The molecule has 0 unspecified atom stereocenters. The quantitative estimate of drug-likeness (QED) is 0.279. The zero-order valence-electron chi connectivity index (χ0n) is 26.9. The molecule has 1 amide bonds. The second-order valence-corrected chi connectivity index (χ2v) is 12.9. The molecular weight excluding hydrogens is 604 g/mol. The van der Waals surface area contributed by atoms with Gasteiger partial charge in [-0.15, -0.1) is 0 Å². The number of ether oxygens (including phenoxy) is 2. The van der Waals surface area contributed by atoms with Crippen LogP contribution in [0.3, 0.4) is 0 Å². The number of hydrogen-bond acceptors (Lipinski definition) is 9. The molecule has 4 heterocycles. The summed E-state index contributed by atoms with van der Waals surface area (Å²) in [6, 6.07) is 9.00. The van der Waals surface area contributed by atoms with Gasteiger partial charge in [0.05, 0.1) is 41.5 Å². The summed E-state index contributed by atoms with van der Waals surface area (Å²) in [5.41, 5.74) is 3.05. The van der Waals surface area contributed by atoms with Gasteiger partial charge >= 0.3 is 0 Å². The summed E-state index contributed by atoms with van der Waals surface area (Å²) in [5, 5.41) is 22.5. The minimum Gasteiger partial charge on any atom is -0.482 e. The fourth-order valence-electron chi connectivity index (χ4n) is 6.73. The fraction of sp³-hybridized carbons (Fsp3) is 0.457. The van der Waals surface area contributed by atoms with Gasteiger partial charge < -0.3 is 25.1 Å². The highest BCUT2D eigenvalue weighted by Crippen LogP contribution is 2.41. The number of amides is 1. The molecule has 3 aromatic rings. The molecule has 12 heteroatoms. The average molecular weight is 644 g/mol. The topological polar surface area (TPSA) is 127 Å². The summed E-state index contributed by atoms with van der Waals surface area (Å²) in [4.78, 5) is 25.5. The van der Waals surface area contributed by atoms with Crippen LogP contribution in [0.25, 0.3) is 11.1 Å². The smallest absolute Gasteiger partial charge is 0.265 e. The Hall–Kier alpha value is -4.47. The van der Waals surface area contributed by atoms with Crippen LogP contribution < -0.4 is 15.0 Å². The summed E-state index contributed by atoms with van der Waals surface area (Å²) in [7, 11) is 1.77. The Kier molecular flexibility index (Phi) is 9.47. The number of nitrogens with one attached hydrogen (secondary N) is 2. The predicted molar refractivity (Wildman–Crippen MR) is 174 cm³/mol. The highest BCUT2D eigenvalue weighted by Gasteiger charge is 2.36. The number of pyridine rings is 2. The number of fused-ring (bicyclic) bond motifs is 1. The lowest BCUT2D eigenvalue weighted by molar-refractivity contribution is -0.121. The first-order valence-electron chi connectivity index (χ1n) is 16.1. The molecule has 2 fully saturated rings. The standard InChI is InChI=1S/C35H39F2N7O3/c1-20(2)10-29-26(15-38)34(27(16-39)35(42-29)41-23-6-8-43(9-7-23)24-13-25(14-24)46-3)21-4-5-31-32(11-21)47-19-33(45)44(31)18-30-28(37)12-22(36)17-40-30/h4-5,11-12,16-17,20,23-25,39H,6-10,13-14,18-19H2,1-3H3,(H,41,42). The van der Waals surface area contributed by atoms with Crippen molar-refractivity contribution < 1.29 is 23.0 Å². The maximum absolute atomic E-state index is 14.5. The summed E-state index contributed by atoms with van der Waals surface area (Å²) in [5.74, 6) is -0.887. The molecule has 1 aromatic carbocycles. The van der Waals surface area contributed by atoms with E-state index in [1.165, 1.54) is 11.1 Å². The molecule has 0 atom stereocenters. The van der Waals surface area contributed by atoms with Crippen LogP contribution in [0.1, 0.15) is 62.0 Å². The van der Waals surface area contributed by atoms with Gasteiger partial charge in [-0.1, -0.05) is 19.9 Å². The van der Waals surface area contributed by atoms with E-state index < -0.39 is 17.5 Å². The number of rotatable bonds is 10.